The van der Waals surface area contributed by atoms with Crippen molar-refractivity contribution in [1.29, 1.82) is 0 Å². The average Bonchev–Trinajstić information content (AvgIpc) is 2.91. The third-order valence-electron chi connectivity index (χ3n) is 3.76. The molecule has 1 heterocycles. The van der Waals surface area contributed by atoms with E-state index in [4.69, 9.17) is 17.0 Å². The van der Waals surface area contributed by atoms with Gasteiger partial charge in [-0.2, -0.15) is 8.78 Å². The molecule has 0 aromatic heterocycles. The van der Waals surface area contributed by atoms with Crippen LogP contribution >= 0.6 is 24.0 Å². The van der Waals surface area contributed by atoms with Crippen molar-refractivity contribution >= 4 is 40.3 Å². The molecule has 0 unspecified atom stereocenters. The largest absolute Gasteiger partial charge is 0.493 e. The van der Waals surface area contributed by atoms with Gasteiger partial charge in [0.2, 0.25) is 0 Å². The van der Waals surface area contributed by atoms with Crippen molar-refractivity contribution in [3.63, 3.8) is 0 Å². The number of nitrogens with zero attached hydrogens (tertiary/aromatic N) is 1. The highest BCUT2D eigenvalue weighted by Gasteiger charge is 2.32. The van der Waals surface area contributed by atoms with Crippen LogP contribution in [-0.4, -0.2) is 28.8 Å². The van der Waals surface area contributed by atoms with Crippen LogP contribution in [0, 0.1) is 0 Å². The molecule has 3 rings (SSSR count). The molecule has 140 valence electrons. The Balaban J connectivity index is 1.81. The number of methoxy groups -OCH3 is 1. The maximum atomic E-state index is 12.7. The van der Waals surface area contributed by atoms with Crippen molar-refractivity contribution in [3.05, 3.63) is 64.6 Å². The number of hydrogen-bond donors (Lipinski definition) is 0. The first kappa shape index (κ1) is 19.3. The van der Waals surface area contributed by atoms with Gasteiger partial charge >= 0.3 is 6.61 Å². The van der Waals surface area contributed by atoms with Crippen LogP contribution in [0.3, 0.4) is 0 Å². The molecule has 2 aromatic rings. The van der Waals surface area contributed by atoms with Gasteiger partial charge in [0.25, 0.3) is 5.91 Å². The Morgan fingerprint density at radius 1 is 1.19 bits per heavy atom. The van der Waals surface area contributed by atoms with Crippen molar-refractivity contribution in [2.24, 2.45) is 0 Å². The van der Waals surface area contributed by atoms with E-state index >= 15 is 0 Å². The zero-order valence-corrected chi connectivity index (χ0v) is 15.9. The molecule has 0 aliphatic carbocycles. The van der Waals surface area contributed by atoms with Crippen LogP contribution in [0.5, 0.6) is 11.5 Å². The standard InChI is InChI=1S/C19H15F2NO3S2/c1-24-15-9-13(7-8-14(15)25-18(20)21)10-16-17(23)22(19(26)27-16)11-12-5-3-2-4-6-12/h2-10,18H,11H2,1H3. The Labute approximate surface area is 164 Å². The topological polar surface area (TPSA) is 38.8 Å². The molecule has 1 aliphatic rings. The highest BCUT2D eigenvalue weighted by molar-refractivity contribution is 8.26. The lowest BCUT2D eigenvalue weighted by Crippen LogP contribution is -2.27. The number of halogens is 2. The van der Waals surface area contributed by atoms with E-state index in [1.165, 1.54) is 35.9 Å². The molecule has 1 fully saturated rings. The van der Waals surface area contributed by atoms with Crippen molar-refractivity contribution in [1.82, 2.24) is 4.90 Å². The van der Waals surface area contributed by atoms with Crippen LogP contribution in [0.15, 0.2) is 53.4 Å². The Kier molecular flexibility index (Phi) is 6.08. The van der Waals surface area contributed by atoms with Crippen molar-refractivity contribution in [2.75, 3.05) is 7.11 Å². The number of thiocarbonyl (C=S) groups is 1. The second-order valence-corrected chi connectivity index (χ2v) is 7.22. The number of benzene rings is 2. The average molecular weight is 407 g/mol. The van der Waals surface area contributed by atoms with Crippen LogP contribution < -0.4 is 9.47 Å². The zero-order chi connectivity index (χ0) is 19.4. The molecule has 0 bridgehead atoms. The summed E-state index contributed by atoms with van der Waals surface area (Å²) in [5, 5.41) is 0. The number of thioether (sulfide) groups is 1. The van der Waals surface area contributed by atoms with E-state index < -0.39 is 6.61 Å². The second-order valence-electron chi connectivity index (χ2n) is 5.54. The van der Waals surface area contributed by atoms with E-state index in [1.54, 1.807) is 12.1 Å². The van der Waals surface area contributed by atoms with Gasteiger partial charge in [-0.1, -0.05) is 60.4 Å². The molecule has 1 aliphatic heterocycles. The summed E-state index contributed by atoms with van der Waals surface area (Å²) in [5.74, 6) is -0.106. The fourth-order valence-electron chi connectivity index (χ4n) is 2.52. The third-order valence-corrected chi connectivity index (χ3v) is 5.14. The molecule has 0 spiro atoms. The van der Waals surface area contributed by atoms with Gasteiger partial charge in [-0.25, -0.2) is 0 Å². The molecule has 0 radical (unpaired) electrons. The monoisotopic (exact) mass is 407 g/mol. The van der Waals surface area contributed by atoms with E-state index in [-0.39, 0.29) is 17.4 Å². The first-order valence-electron chi connectivity index (χ1n) is 7.90. The summed E-state index contributed by atoms with van der Waals surface area (Å²) in [4.78, 5) is 14.7. The number of amides is 1. The van der Waals surface area contributed by atoms with Gasteiger partial charge in [0.1, 0.15) is 4.32 Å². The summed E-state index contributed by atoms with van der Waals surface area (Å²) in [6, 6.07) is 14.0. The minimum Gasteiger partial charge on any atom is -0.493 e. The van der Waals surface area contributed by atoms with Crippen LogP contribution in [0.1, 0.15) is 11.1 Å². The predicted molar refractivity (Wildman–Crippen MR) is 105 cm³/mol. The molecule has 0 atom stereocenters. The highest BCUT2D eigenvalue weighted by atomic mass is 32.2. The lowest BCUT2D eigenvalue weighted by molar-refractivity contribution is -0.122. The van der Waals surface area contributed by atoms with E-state index in [2.05, 4.69) is 4.74 Å². The Bertz CT molecular complexity index is 888. The molecular weight excluding hydrogens is 392 g/mol. The van der Waals surface area contributed by atoms with Gasteiger partial charge in [0.05, 0.1) is 18.6 Å². The normalized spacial score (nSPS) is 15.7. The van der Waals surface area contributed by atoms with E-state index in [0.717, 1.165) is 5.56 Å². The van der Waals surface area contributed by atoms with Gasteiger partial charge < -0.3 is 9.47 Å². The summed E-state index contributed by atoms with van der Waals surface area (Å²) in [7, 11) is 1.36. The second kappa shape index (κ2) is 8.49. The van der Waals surface area contributed by atoms with Crippen LogP contribution in [0.25, 0.3) is 6.08 Å². The fourth-order valence-corrected chi connectivity index (χ4v) is 3.78. The van der Waals surface area contributed by atoms with Crippen molar-refractivity contribution in [2.45, 2.75) is 13.2 Å². The molecule has 2 aromatic carbocycles. The van der Waals surface area contributed by atoms with Crippen LogP contribution in [0.2, 0.25) is 0 Å². The van der Waals surface area contributed by atoms with Gasteiger partial charge in [-0.15, -0.1) is 0 Å². The molecule has 1 amide bonds. The number of carbonyl (C=O) groups excluding carboxylic acids is 1. The quantitative estimate of drug-likeness (QED) is 0.513. The first-order valence-corrected chi connectivity index (χ1v) is 9.12. The predicted octanol–water partition coefficient (Wildman–Crippen LogP) is 4.70. The Morgan fingerprint density at radius 2 is 1.93 bits per heavy atom. The molecule has 27 heavy (non-hydrogen) atoms. The van der Waals surface area contributed by atoms with E-state index in [9.17, 15) is 13.6 Å². The van der Waals surface area contributed by atoms with Gasteiger partial charge in [-0.05, 0) is 29.3 Å². The summed E-state index contributed by atoms with van der Waals surface area (Å²) in [6.45, 7) is -2.55. The number of ether oxygens (including phenoxy) is 2. The molecule has 0 saturated carbocycles. The van der Waals surface area contributed by atoms with E-state index in [0.29, 0.717) is 21.3 Å². The third kappa shape index (κ3) is 4.64. The molecule has 4 nitrogen and oxygen atoms in total. The first-order chi connectivity index (χ1) is 13.0. The Hall–Kier alpha value is -2.45. The van der Waals surface area contributed by atoms with Crippen molar-refractivity contribution < 1.29 is 23.0 Å². The number of alkyl halides is 2. The summed E-state index contributed by atoms with van der Waals surface area (Å²) < 4.78 is 34.8. The number of rotatable bonds is 6. The minimum atomic E-state index is -2.95. The SMILES string of the molecule is COc1cc(C=C2SC(=S)N(Cc3ccccc3)C2=O)ccc1OC(F)F. The molecule has 1 saturated heterocycles. The lowest BCUT2D eigenvalue weighted by Gasteiger charge is -2.14. The maximum absolute atomic E-state index is 12.7. The minimum absolute atomic E-state index is 0.0683. The Morgan fingerprint density at radius 3 is 2.59 bits per heavy atom. The lowest BCUT2D eigenvalue weighted by atomic mass is 10.1. The van der Waals surface area contributed by atoms with Crippen LogP contribution in [-0.2, 0) is 11.3 Å². The van der Waals surface area contributed by atoms with Crippen molar-refractivity contribution in [3.8, 4) is 11.5 Å². The number of carbonyl (C=O) groups is 1. The molecule has 8 heteroatoms. The summed E-state index contributed by atoms with van der Waals surface area (Å²) in [5.41, 5.74) is 1.60. The number of hydrogen-bond acceptors (Lipinski definition) is 5. The van der Waals surface area contributed by atoms with Gasteiger partial charge in [0, 0.05) is 0 Å². The zero-order valence-electron chi connectivity index (χ0n) is 14.2. The molecule has 0 N–H and O–H groups in total. The summed E-state index contributed by atoms with van der Waals surface area (Å²) in [6.07, 6.45) is 1.65. The highest BCUT2D eigenvalue weighted by Crippen LogP contribution is 2.35. The fraction of sp³-hybridized carbons (Fsp3) is 0.158. The summed E-state index contributed by atoms with van der Waals surface area (Å²) >= 11 is 6.53. The smallest absolute Gasteiger partial charge is 0.387 e. The molecular formula is C19H15F2NO3S2. The van der Waals surface area contributed by atoms with Crippen LogP contribution in [0.4, 0.5) is 8.78 Å². The van der Waals surface area contributed by atoms with Gasteiger partial charge in [0.15, 0.2) is 11.5 Å². The van der Waals surface area contributed by atoms with E-state index in [1.807, 2.05) is 30.3 Å². The maximum Gasteiger partial charge on any atom is 0.387 e. The van der Waals surface area contributed by atoms with Gasteiger partial charge in [-0.3, -0.25) is 9.69 Å².